The zero-order valence-electron chi connectivity index (χ0n) is 7.61. The van der Waals surface area contributed by atoms with Gasteiger partial charge in [0, 0.05) is 0 Å². The minimum atomic E-state index is -6.07. The first-order chi connectivity index (χ1) is 6.52. The normalized spacial score (nSPS) is 14.1. The molecule has 0 bridgehead atoms. The molecule has 0 unspecified atom stereocenters. The summed E-state index contributed by atoms with van der Waals surface area (Å²) in [7, 11) is -10.8. The van der Waals surface area contributed by atoms with Crippen LogP contribution in [0.15, 0.2) is 0 Å². The van der Waals surface area contributed by atoms with E-state index in [1.807, 2.05) is 0 Å². The third kappa shape index (κ3) is 4.80. The van der Waals surface area contributed by atoms with Crippen LogP contribution in [0.2, 0.25) is 0 Å². The summed E-state index contributed by atoms with van der Waals surface area (Å²) in [5, 5.41) is 0. The van der Waals surface area contributed by atoms with Crippen molar-refractivity contribution in [2.45, 2.75) is 25.3 Å². The molecule has 0 aromatic heterocycles. The second-order valence-corrected chi connectivity index (χ2v) is 6.02. The van der Waals surface area contributed by atoms with Gasteiger partial charge in [0.2, 0.25) is 0 Å². The summed E-state index contributed by atoms with van der Waals surface area (Å²) in [5.74, 6) is -0.765. The molecule has 0 aromatic rings. The predicted octanol–water partition coefficient (Wildman–Crippen LogP) is 0.983. The van der Waals surface area contributed by atoms with Crippen LogP contribution < -0.4 is 0 Å². The average molecular weight is 270 g/mol. The van der Waals surface area contributed by atoms with E-state index in [9.17, 15) is 30.0 Å². The minimum absolute atomic E-state index is 0.0235. The van der Waals surface area contributed by atoms with Crippen LogP contribution in [0.3, 0.4) is 0 Å². The van der Waals surface area contributed by atoms with Gasteiger partial charge in [-0.05, 0) is 6.42 Å². The fourth-order valence-electron chi connectivity index (χ4n) is 0.530. The Morgan fingerprint density at radius 3 is 1.93 bits per heavy atom. The van der Waals surface area contributed by atoms with E-state index in [1.54, 1.807) is 6.92 Å². The summed E-state index contributed by atoms with van der Waals surface area (Å²) in [5.41, 5.74) is -5.73. The van der Waals surface area contributed by atoms with Crippen molar-refractivity contribution in [3.63, 3.8) is 0 Å². The molecule has 0 aliphatic carbocycles. The molecule has 0 heterocycles. The van der Waals surface area contributed by atoms with Gasteiger partial charge in [-0.2, -0.15) is 30.0 Å². The average Bonchev–Trinajstić information content (AvgIpc) is 1.96. The standard InChI is InChI=1S/C5H9F3O5S2/c1-2-3-4-14(9,10)13-15(11,12)5(6,7)8/h2-4H2,1H3. The lowest BCUT2D eigenvalue weighted by Gasteiger charge is -2.07. The van der Waals surface area contributed by atoms with Crippen molar-refractivity contribution in [1.29, 1.82) is 0 Å². The molecular weight excluding hydrogens is 261 g/mol. The summed E-state index contributed by atoms with van der Waals surface area (Å²) in [4.78, 5) is 0. The fraction of sp³-hybridized carbons (Fsp3) is 1.00. The van der Waals surface area contributed by atoms with Crippen molar-refractivity contribution in [3.05, 3.63) is 0 Å². The first-order valence-corrected chi connectivity index (χ1v) is 6.75. The van der Waals surface area contributed by atoms with Crippen LogP contribution in [0.5, 0.6) is 0 Å². The fourth-order valence-corrected chi connectivity index (χ4v) is 2.85. The molecule has 0 saturated heterocycles. The van der Waals surface area contributed by atoms with Crippen molar-refractivity contribution < 1.29 is 33.6 Å². The molecule has 0 saturated carbocycles. The molecule has 0 rings (SSSR count). The summed E-state index contributed by atoms with van der Waals surface area (Å²) in [6.45, 7) is 1.59. The number of hydrogen-bond acceptors (Lipinski definition) is 5. The minimum Gasteiger partial charge on any atom is -0.198 e. The van der Waals surface area contributed by atoms with E-state index in [0.717, 1.165) is 0 Å². The van der Waals surface area contributed by atoms with Crippen LogP contribution >= 0.6 is 0 Å². The maximum Gasteiger partial charge on any atom is 0.524 e. The highest BCUT2D eigenvalue weighted by molar-refractivity contribution is 8.00. The van der Waals surface area contributed by atoms with Gasteiger partial charge >= 0.3 is 15.6 Å². The van der Waals surface area contributed by atoms with Crippen LogP contribution in [0.4, 0.5) is 13.2 Å². The molecule has 0 radical (unpaired) electrons. The Balaban J connectivity index is 4.76. The van der Waals surface area contributed by atoms with E-state index in [0.29, 0.717) is 6.42 Å². The zero-order valence-corrected chi connectivity index (χ0v) is 9.25. The number of halogens is 3. The van der Waals surface area contributed by atoms with Crippen molar-refractivity contribution in [3.8, 4) is 0 Å². The highest BCUT2D eigenvalue weighted by atomic mass is 32.3. The van der Waals surface area contributed by atoms with E-state index in [2.05, 4.69) is 3.63 Å². The van der Waals surface area contributed by atoms with Crippen LogP contribution in [-0.4, -0.2) is 28.1 Å². The summed E-state index contributed by atoms with van der Waals surface area (Å²) in [6, 6.07) is 0. The maximum atomic E-state index is 11.7. The molecule has 0 aliphatic heterocycles. The van der Waals surface area contributed by atoms with Gasteiger partial charge in [-0.3, -0.25) is 0 Å². The van der Waals surface area contributed by atoms with Crippen molar-refractivity contribution in [1.82, 2.24) is 0 Å². The van der Waals surface area contributed by atoms with Crippen molar-refractivity contribution in [2.24, 2.45) is 0 Å². The Labute approximate surface area is 85.5 Å². The first kappa shape index (κ1) is 14.6. The molecule has 0 amide bonds. The maximum absolute atomic E-state index is 11.7. The van der Waals surface area contributed by atoms with Gasteiger partial charge in [-0.1, -0.05) is 13.3 Å². The summed E-state index contributed by atoms with van der Waals surface area (Å²) < 4.78 is 80.3. The molecule has 0 fully saturated rings. The molecule has 10 heteroatoms. The van der Waals surface area contributed by atoms with Crippen LogP contribution in [0.1, 0.15) is 19.8 Å². The van der Waals surface area contributed by atoms with Crippen molar-refractivity contribution in [2.75, 3.05) is 5.75 Å². The molecule has 15 heavy (non-hydrogen) atoms. The molecule has 0 spiro atoms. The van der Waals surface area contributed by atoms with Gasteiger partial charge < -0.3 is 0 Å². The molecular formula is C5H9F3O5S2. The first-order valence-electron chi connectivity index (χ1n) is 3.77. The predicted molar refractivity (Wildman–Crippen MR) is 44.8 cm³/mol. The lowest BCUT2D eigenvalue weighted by molar-refractivity contribution is -0.0498. The third-order valence-corrected chi connectivity index (χ3v) is 4.13. The highest BCUT2D eigenvalue weighted by Gasteiger charge is 2.50. The van der Waals surface area contributed by atoms with E-state index in [4.69, 9.17) is 0 Å². The van der Waals surface area contributed by atoms with Crippen LogP contribution in [0.25, 0.3) is 0 Å². The van der Waals surface area contributed by atoms with Crippen molar-refractivity contribution >= 4 is 20.2 Å². The topological polar surface area (TPSA) is 77.5 Å². The Morgan fingerprint density at radius 2 is 1.60 bits per heavy atom. The van der Waals surface area contributed by atoms with E-state index in [-0.39, 0.29) is 6.42 Å². The van der Waals surface area contributed by atoms with Crippen LogP contribution in [0, 0.1) is 0 Å². The van der Waals surface area contributed by atoms with Gasteiger partial charge in [-0.25, -0.2) is 0 Å². The second-order valence-electron chi connectivity index (χ2n) is 2.58. The lowest BCUT2D eigenvalue weighted by Crippen LogP contribution is -2.29. The molecule has 0 aromatic carbocycles. The lowest BCUT2D eigenvalue weighted by atomic mass is 10.4. The van der Waals surface area contributed by atoms with Gasteiger partial charge in [0.25, 0.3) is 10.1 Å². The van der Waals surface area contributed by atoms with Gasteiger partial charge in [0.1, 0.15) is 0 Å². The third-order valence-electron chi connectivity index (χ3n) is 1.22. The SMILES string of the molecule is CCCCS(=O)(=O)OS(=O)(=O)C(F)(F)F. The molecule has 92 valence electrons. The number of hydrogen-bond donors (Lipinski definition) is 0. The van der Waals surface area contributed by atoms with E-state index >= 15 is 0 Å². The van der Waals surface area contributed by atoms with Gasteiger partial charge in [0.15, 0.2) is 0 Å². The van der Waals surface area contributed by atoms with Crippen LogP contribution in [-0.2, 0) is 23.9 Å². The smallest absolute Gasteiger partial charge is 0.198 e. The molecule has 0 atom stereocenters. The molecule has 0 N–H and O–H groups in total. The zero-order chi connectivity index (χ0) is 12.3. The Hall–Kier alpha value is -0.350. The Morgan fingerprint density at radius 1 is 1.13 bits per heavy atom. The Kier molecular flexibility index (Phi) is 4.55. The summed E-state index contributed by atoms with van der Waals surface area (Å²) >= 11 is 0. The molecule has 5 nitrogen and oxygen atoms in total. The highest BCUT2D eigenvalue weighted by Crippen LogP contribution is 2.26. The van der Waals surface area contributed by atoms with Gasteiger partial charge in [-0.15, -0.1) is 3.63 Å². The summed E-state index contributed by atoms with van der Waals surface area (Å²) in [6.07, 6.45) is 0.407. The van der Waals surface area contributed by atoms with E-state index < -0.39 is 31.5 Å². The number of unbranched alkanes of at least 4 members (excludes halogenated alkanes) is 1. The number of alkyl halides is 3. The van der Waals surface area contributed by atoms with E-state index in [1.165, 1.54) is 0 Å². The molecule has 0 aliphatic rings. The van der Waals surface area contributed by atoms with Gasteiger partial charge in [0.05, 0.1) is 5.75 Å². The quantitative estimate of drug-likeness (QED) is 0.696. The largest absolute Gasteiger partial charge is 0.524 e. The Bertz CT molecular complexity index is 393. The monoisotopic (exact) mass is 270 g/mol. The number of rotatable bonds is 5. The second kappa shape index (κ2) is 4.66.